The van der Waals surface area contributed by atoms with E-state index in [-0.39, 0.29) is 5.91 Å². The van der Waals surface area contributed by atoms with Crippen LogP contribution in [0.3, 0.4) is 0 Å². The summed E-state index contributed by atoms with van der Waals surface area (Å²) >= 11 is 0. The zero-order chi connectivity index (χ0) is 12.5. The van der Waals surface area contributed by atoms with Crippen LogP contribution in [0.4, 0.5) is 0 Å². The van der Waals surface area contributed by atoms with Gasteiger partial charge in [-0.3, -0.25) is 4.79 Å². The lowest BCUT2D eigenvalue weighted by Crippen LogP contribution is -2.27. The Morgan fingerprint density at radius 1 is 1.47 bits per heavy atom. The quantitative estimate of drug-likeness (QED) is 0.685. The van der Waals surface area contributed by atoms with E-state index < -0.39 is 0 Å². The van der Waals surface area contributed by atoms with Gasteiger partial charge in [0.25, 0.3) is 0 Å². The first kappa shape index (κ1) is 13.4. The van der Waals surface area contributed by atoms with Crippen molar-refractivity contribution in [1.29, 1.82) is 0 Å². The highest BCUT2D eigenvalue weighted by atomic mass is 16.5. The molecule has 94 valence electrons. The van der Waals surface area contributed by atoms with Crippen LogP contribution in [0, 0.1) is 0 Å². The Balaban J connectivity index is 2.27. The largest absolute Gasteiger partial charge is 0.481 e. The molecule has 1 heterocycles. The third kappa shape index (κ3) is 5.31. The van der Waals surface area contributed by atoms with Crippen LogP contribution in [0.25, 0.3) is 0 Å². The van der Waals surface area contributed by atoms with E-state index in [4.69, 9.17) is 4.74 Å². The summed E-state index contributed by atoms with van der Waals surface area (Å²) in [6.45, 7) is 4.11. The van der Waals surface area contributed by atoms with Crippen LogP contribution in [-0.4, -0.2) is 31.1 Å². The monoisotopic (exact) mass is 237 g/mol. The molecular formula is C12H19N3O2. The molecule has 0 unspecified atom stereocenters. The summed E-state index contributed by atoms with van der Waals surface area (Å²) in [5.41, 5.74) is 0.961. The number of rotatable bonds is 7. The second kappa shape index (κ2) is 7.62. The maximum absolute atomic E-state index is 11.4. The first-order valence-corrected chi connectivity index (χ1v) is 5.72. The van der Waals surface area contributed by atoms with E-state index in [0.717, 1.165) is 12.1 Å². The van der Waals surface area contributed by atoms with Crippen molar-refractivity contribution in [2.45, 2.75) is 19.9 Å². The van der Waals surface area contributed by atoms with Crippen LogP contribution in [0.2, 0.25) is 0 Å². The first-order valence-electron chi connectivity index (χ1n) is 5.72. The molecule has 0 aromatic carbocycles. The number of nitrogens with one attached hydrogen (secondary N) is 2. The van der Waals surface area contributed by atoms with Crippen molar-refractivity contribution in [3.8, 4) is 5.88 Å². The van der Waals surface area contributed by atoms with Gasteiger partial charge >= 0.3 is 0 Å². The van der Waals surface area contributed by atoms with E-state index in [1.165, 1.54) is 0 Å². The number of hydrogen-bond donors (Lipinski definition) is 2. The normalized spacial score (nSPS) is 10.0. The van der Waals surface area contributed by atoms with E-state index in [1.54, 1.807) is 19.4 Å². The van der Waals surface area contributed by atoms with Gasteiger partial charge < -0.3 is 15.4 Å². The van der Waals surface area contributed by atoms with Gasteiger partial charge in [-0.2, -0.15) is 0 Å². The lowest BCUT2D eigenvalue weighted by Gasteiger charge is -2.06. The van der Waals surface area contributed by atoms with E-state index >= 15 is 0 Å². The summed E-state index contributed by atoms with van der Waals surface area (Å²) in [6.07, 6.45) is 2.20. The molecule has 1 amide bonds. The average molecular weight is 237 g/mol. The highest BCUT2D eigenvalue weighted by Gasteiger charge is 2.01. The molecule has 1 rings (SSSR count). The van der Waals surface area contributed by atoms with Crippen molar-refractivity contribution in [3.05, 3.63) is 23.9 Å². The summed E-state index contributed by atoms with van der Waals surface area (Å²) in [7, 11) is 1.57. The molecule has 0 spiro atoms. The molecule has 2 N–H and O–H groups in total. The molecule has 0 saturated carbocycles. The summed E-state index contributed by atoms with van der Waals surface area (Å²) in [5, 5.41) is 5.94. The van der Waals surface area contributed by atoms with Gasteiger partial charge in [0.15, 0.2) is 0 Å². The van der Waals surface area contributed by atoms with E-state index in [0.29, 0.717) is 25.4 Å². The number of pyridine rings is 1. The van der Waals surface area contributed by atoms with Crippen LogP contribution in [0.5, 0.6) is 5.88 Å². The number of ether oxygens (including phenoxy) is 1. The van der Waals surface area contributed by atoms with Gasteiger partial charge in [-0.05, 0) is 12.1 Å². The van der Waals surface area contributed by atoms with Crippen LogP contribution in [0.15, 0.2) is 18.3 Å². The zero-order valence-corrected chi connectivity index (χ0v) is 10.3. The van der Waals surface area contributed by atoms with Crippen LogP contribution in [-0.2, 0) is 11.3 Å². The highest BCUT2D eigenvalue weighted by Crippen LogP contribution is 2.06. The second-order valence-electron chi connectivity index (χ2n) is 3.59. The number of nitrogens with zero attached hydrogens (tertiary/aromatic N) is 1. The van der Waals surface area contributed by atoms with Gasteiger partial charge in [-0.1, -0.05) is 13.0 Å². The Morgan fingerprint density at radius 3 is 2.88 bits per heavy atom. The third-order valence-electron chi connectivity index (χ3n) is 2.28. The van der Waals surface area contributed by atoms with Crippen molar-refractivity contribution in [2.24, 2.45) is 0 Å². The molecular weight excluding hydrogens is 218 g/mol. The summed E-state index contributed by atoms with van der Waals surface area (Å²) in [4.78, 5) is 15.5. The third-order valence-corrected chi connectivity index (χ3v) is 2.28. The minimum absolute atomic E-state index is 0.0433. The minimum atomic E-state index is 0.0433. The van der Waals surface area contributed by atoms with E-state index in [2.05, 4.69) is 15.6 Å². The standard InChI is InChI=1S/C12H19N3O2/c1-3-13-7-6-11(16)14-8-10-4-5-12(17-2)15-9-10/h4-5,9,13H,3,6-8H2,1-2H3,(H,14,16). The number of methoxy groups -OCH3 is 1. The van der Waals surface area contributed by atoms with Crippen LogP contribution >= 0.6 is 0 Å². The van der Waals surface area contributed by atoms with Gasteiger partial charge in [0, 0.05) is 31.8 Å². The van der Waals surface area contributed by atoms with E-state index in [1.807, 2.05) is 13.0 Å². The fourth-order valence-corrected chi connectivity index (χ4v) is 1.30. The predicted octanol–water partition coefficient (Wildman–Crippen LogP) is 0.706. The van der Waals surface area contributed by atoms with Crippen molar-refractivity contribution in [2.75, 3.05) is 20.2 Å². The first-order chi connectivity index (χ1) is 8.26. The van der Waals surface area contributed by atoms with Gasteiger partial charge in [-0.25, -0.2) is 4.98 Å². The SMILES string of the molecule is CCNCCC(=O)NCc1ccc(OC)nc1. The molecule has 0 bridgehead atoms. The highest BCUT2D eigenvalue weighted by molar-refractivity contribution is 5.76. The summed E-state index contributed by atoms with van der Waals surface area (Å²) in [5.74, 6) is 0.619. The molecule has 17 heavy (non-hydrogen) atoms. The van der Waals surface area contributed by atoms with Gasteiger partial charge in [-0.15, -0.1) is 0 Å². The molecule has 0 aliphatic rings. The van der Waals surface area contributed by atoms with E-state index in [9.17, 15) is 4.79 Å². The lowest BCUT2D eigenvalue weighted by molar-refractivity contribution is -0.121. The molecule has 0 aliphatic heterocycles. The molecule has 0 atom stereocenters. The summed E-state index contributed by atoms with van der Waals surface area (Å²) in [6, 6.07) is 3.66. The van der Waals surface area contributed by atoms with Crippen molar-refractivity contribution in [1.82, 2.24) is 15.6 Å². The maximum Gasteiger partial charge on any atom is 0.221 e. The van der Waals surface area contributed by atoms with Crippen LogP contribution < -0.4 is 15.4 Å². The fourth-order valence-electron chi connectivity index (χ4n) is 1.30. The molecule has 1 aromatic rings. The number of carbonyl (C=O) groups is 1. The Labute approximate surface area is 102 Å². The van der Waals surface area contributed by atoms with Crippen LogP contribution in [0.1, 0.15) is 18.9 Å². The topological polar surface area (TPSA) is 63.2 Å². The lowest BCUT2D eigenvalue weighted by atomic mass is 10.3. The number of amides is 1. The minimum Gasteiger partial charge on any atom is -0.481 e. The van der Waals surface area contributed by atoms with Gasteiger partial charge in [0.2, 0.25) is 11.8 Å². The molecule has 0 aliphatic carbocycles. The zero-order valence-electron chi connectivity index (χ0n) is 10.3. The Hall–Kier alpha value is -1.62. The Morgan fingerprint density at radius 2 is 2.29 bits per heavy atom. The molecule has 0 saturated heterocycles. The maximum atomic E-state index is 11.4. The van der Waals surface area contributed by atoms with Gasteiger partial charge in [0.05, 0.1) is 7.11 Å². The van der Waals surface area contributed by atoms with Gasteiger partial charge in [0.1, 0.15) is 0 Å². The fraction of sp³-hybridized carbons (Fsp3) is 0.500. The number of aromatic nitrogens is 1. The molecule has 0 radical (unpaired) electrons. The van der Waals surface area contributed by atoms with Crippen molar-refractivity contribution >= 4 is 5.91 Å². The molecule has 1 aromatic heterocycles. The predicted molar refractivity (Wildman–Crippen MR) is 65.8 cm³/mol. The molecule has 5 heteroatoms. The second-order valence-corrected chi connectivity index (χ2v) is 3.59. The molecule has 5 nitrogen and oxygen atoms in total. The Bertz CT molecular complexity index is 338. The smallest absolute Gasteiger partial charge is 0.221 e. The summed E-state index contributed by atoms with van der Waals surface area (Å²) < 4.78 is 4.95. The number of carbonyl (C=O) groups excluding carboxylic acids is 1. The van der Waals surface area contributed by atoms with Crippen molar-refractivity contribution in [3.63, 3.8) is 0 Å². The number of hydrogen-bond acceptors (Lipinski definition) is 4. The molecule has 0 fully saturated rings. The Kier molecular flexibility index (Phi) is 6.03. The van der Waals surface area contributed by atoms with Crippen molar-refractivity contribution < 1.29 is 9.53 Å². The average Bonchev–Trinajstić information content (AvgIpc) is 2.37.